The van der Waals surface area contributed by atoms with Gasteiger partial charge in [-0.25, -0.2) is 22.8 Å². The first kappa shape index (κ1) is 26.0. The molecule has 2 saturated heterocycles. The van der Waals surface area contributed by atoms with E-state index in [4.69, 9.17) is 0 Å². The molecule has 7 nitrogen and oxygen atoms in total. The number of Topliss-reactive ketones (excluding diaryl/α,β-unsaturated/α-hetero) is 1. The second-order valence-corrected chi connectivity index (χ2v) is 12.3. The molecule has 4 aliphatic rings. The number of ketones is 1. The van der Waals surface area contributed by atoms with Crippen molar-refractivity contribution < 1.29 is 30.8 Å². The third kappa shape index (κ3) is 4.84. The van der Waals surface area contributed by atoms with Gasteiger partial charge in [0.05, 0.1) is 16.6 Å². The second-order valence-electron chi connectivity index (χ2n) is 10.4. The van der Waals surface area contributed by atoms with Gasteiger partial charge in [0.2, 0.25) is 15.8 Å². The highest BCUT2D eigenvalue weighted by Gasteiger charge is 2.58. The molecule has 204 valence electrons. The van der Waals surface area contributed by atoms with E-state index in [0.717, 1.165) is 48.5 Å². The van der Waals surface area contributed by atoms with Crippen LogP contribution in [-0.2, 0) is 27.4 Å². The average molecular weight is 561 g/mol. The van der Waals surface area contributed by atoms with E-state index in [1.54, 1.807) is 12.3 Å². The summed E-state index contributed by atoms with van der Waals surface area (Å²) in [5.41, 5.74) is 2.57. The molecule has 0 radical (unpaired) electrons. The molecule has 2 bridgehead atoms. The molecule has 39 heavy (non-hydrogen) atoms. The van der Waals surface area contributed by atoms with Crippen molar-refractivity contribution in [3.8, 4) is 11.3 Å². The molecule has 0 N–H and O–H groups in total. The normalized spacial score (nSPS) is 23.0. The molecule has 7 rings (SSSR count). The number of carbonyl (C=O) groups is 1. The number of hydrogen-bond donors (Lipinski definition) is 0. The van der Waals surface area contributed by atoms with Crippen molar-refractivity contribution in [3.05, 3.63) is 71.7 Å². The maximum Gasteiger partial charge on any atom is 0.451 e. The molecule has 2 aliphatic heterocycles. The van der Waals surface area contributed by atoms with Crippen LogP contribution in [0, 0.1) is 11.7 Å². The summed E-state index contributed by atoms with van der Waals surface area (Å²) in [6.07, 6.45) is 2.88. The van der Waals surface area contributed by atoms with E-state index in [1.807, 2.05) is 0 Å². The van der Waals surface area contributed by atoms with Crippen LogP contribution in [0.2, 0.25) is 0 Å². The summed E-state index contributed by atoms with van der Waals surface area (Å²) in [6.45, 7) is 0. The lowest BCUT2D eigenvalue weighted by molar-refractivity contribution is -0.145. The van der Waals surface area contributed by atoms with Crippen molar-refractivity contribution in [1.29, 1.82) is 0 Å². The van der Waals surface area contributed by atoms with Gasteiger partial charge in [-0.3, -0.25) is 9.78 Å². The minimum atomic E-state index is -4.65. The Morgan fingerprint density at radius 1 is 1.00 bits per heavy atom. The van der Waals surface area contributed by atoms with Gasteiger partial charge in [-0.2, -0.15) is 17.5 Å². The fraction of sp³-hybridized carbons (Fsp3) is 0.407. The average Bonchev–Trinajstić information content (AvgIpc) is 3.55. The van der Waals surface area contributed by atoms with E-state index in [1.165, 1.54) is 16.4 Å². The first-order valence-electron chi connectivity index (χ1n) is 12.7. The van der Waals surface area contributed by atoms with Crippen LogP contribution in [0.1, 0.15) is 55.0 Å². The molecule has 12 heteroatoms. The van der Waals surface area contributed by atoms with Crippen molar-refractivity contribution >= 4 is 15.8 Å². The predicted octanol–water partition coefficient (Wildman–Crippen LogP) is 4.93. The number of sulfonamides is 1. The Bertz CT molecular complexity index is 1520. The quantitative estimate of drug-likeness (QED) is 0.363. The highest BCUT2D eigenvalue weighted by molar-refractivity contribution is 7.89. The van der Waals surface area contributed by atoms with Crippen LogP contribution < -0.4 is 0 Å². The summed E-state index contributed by atoms with van der Waals surface area (Å²) in [5.74, 6) is -1.68. The standard InChI is InChI=1S/C27H24F4N4O3S/c28-19-4-6-21(7-5-19)39(37,38)35-20-9-17(10-20)25(35)24(36)8-3-16-11-23(32-14-22(16)15-1-2-15)18-12-33-26(34-13-18)27(29,30)31/h4-7,11-15,17,20,25H,1-3,8-10H2/t17?,20?,25-/m0/s1. The zero-order valence-corrected chi connectivity index (χ0v) is 21.4. The van der Waals surface area contributed by atoms with Crippen LogP contribution in [0.5, 0.6) is 0 Å². The number of fused-ring (bicyclic) bond motifs is 1. The van der Waals surface area contributed by atoms with Gasteiger partial charge in [-0.15, -0.1) is 0 Å². The highest BCUT2D eigenvalue weighted by Crippen LogP contribution is 2.49. The zero-order valence-electron chi connectivity index (χ0n) is 20.6. The van der Waals surface area contributed by atoms with E-state index in [9.17, 15) is 30.8 Å². The van der Waals surface area contributed by atoms with Gasteiger partial charge in [-0.1, -0.05) is 0 Å². The predicted molar refractivity (Wildman–Crippen MR) is 131 cm³/mol. The van der Waals surface area contributed by atoms with Crippen LogP contribution in [0.15, 0.2) is 53.8 Å². The molecule has 0 amide bonds. The fourth-order valence-corrected chi connectivity index (χ4v) is 7.54. The van der Waals surface area contributed by atoms with Crippen LogP contribution in [-0.4, -0.2) is 45.5 Å². The molecule has 2 aromatic heterocycles. The van der Waals surface area contributed by atoms with Gasteiger partial charge in [0.1, 0.15) is 5.82 Å². The molecular formula is C27H24F4N4O3S. The fourth-order valence-electron chi connectivity index (χ4n) is 5.67. The van der Waals surface area contributed by atoms with Crippen molar-refractivity contribution in [2.45, 2.75) is 67.6 Å². The molecule has 2 aliphatic carbocycles. The first-order valence-corrected chi connectivity index (χ1v) is 14.2. The number of aromatic nitrogens is 3. The van der Waals surface area contributed by atoms with Gasteiger partial charge in [-0.05, 0) is 85.4 Å². The maximum absolute atomic E-state index is 13.5. The Morgan fingerprint density at radius 2 is 1.67 bits per heavy atom. The Kier molecular flexibility index (Phi) is 6.29. The summed E-state index contributed by atoms with van der Waals surface area (Å²) in [4.78, 5) is 24.7. The van der Waals surface area contributed by atoms with Crippen molar-refractivity contribution in [1.82, 2.24) is 19.3 Å². The highest BCUT2D eigenvalue weighted by atomic mass is 32.2. The van der Waals surface area contributed by atoms with Gasteiger partial charge in [0.15, 0.2) is 5.78 Å². The lowest BCUT2D eigenvalue weighted by Crippen LogP contribution is -2.41. The number of alkyl halides is 3. The minimum absolute atomic E-state index is 0.0391. The summed E-state index contributed by atoms with van der Waals surface area (Å²) >= 11 is 0. The Labute approximate surface area is 222 Å². The van der Waals surface area contributed by atoms with E-state index < -0.39 is 33.9 Å². The number of pyridine rings is 1. The molecule has 3 aromatic rings. The zero-order chi connectivity index (χ0) is 27.5. The summed E-state index contributed by atoms with van der Waals surface area (Å²) in [5, 5.41) is 0. The second kappa shape index (κ2) is 9.44. The van der Waals surface area contributed by atoms with E-state index in [0.29, 0.717) is 36.4 Å². The van der Waals surface area contributed by atoms with Gasteiger partial charge < -0.3 is 0 Å². The SMILES string of the molecule is O=C(CCc1cc(-c2cnc(C(F)(F)F)nc2)ncc1C1CC1)[C@@H]1C2CC(C2)N1S(=O)(=O)c1ccc(F)cc1. The van der Waals surface area contributed by atoms with E-state index >= 15 is 0 Å². The van der Waals surface area contributed by atoms with Crippen LogP contribution in [0.25, 0.3) is 11.3 Å². The molecule has 4 fully saturated rings. The van der Waals surface area contributed by atoms with E-state index in [2.05, 4.69) is 15.0 Å². The van der Waals surface area contributed by atoms with Crippen LogP contribution in [0.3, 0.4) is 0 Å². The minimum Gasteiger partial charge on any atom is -0.298 e. The van der Waals surface area contributed by atoms with Crippen molar-refractivity contribution in [2.24, 2.45) is 5.92 Å². The molecule has 2 saturated carbocycles. The van der Waals surface area contributed by atoms with Gasteiger partial charge >= 0.3 is 6.18 Å². The van der Waals surface area contributed by atoms with E-state index in [-0.39, 0.29) is 29.1 Å². The first-order chi connectivity index (χ1) is 18.5. The molecule has 4 heterocycles. The number of hydrogen-bond acceptors (Lipinski definition) is 6. The maximum atomic E-state index is 13.5. The number of aryl methyl sites for hydroxylation is 1. The number of benzene rings is 1. The Balaban J connectivity index is 1.22. The lowest BCUT2D eigenvalue weighted by Gasteiger charge is -2.25. The number of rotatable bonds is 8. The Morgan fingerprint density at radius 3 is 2.28 bits per heavy atom. The van der Waals surface area contributed by atoms with Gasteiger partial charge in [0.25, 0.3) is 0 Å². The molecule has 0 unspecified atom stereocenters. The summed E-state index contributed by atoms with van der Waals surface area (Å²) < 4.78 is 80.0. The number of nitrogens with zero attached hydrogens (tertiary/aromatic N) is 4. The molecular weight excluding hydrogens is 536 g/mol. The van der Waals surface area contributed by atoms with Crippen molar-refractivity contribution in [3.63, 3.8) is 0 Å². The number of carbonyl (C=O) groups excluding carboxylic acids is 1. The molecule has 0 spiro atoms. The van der Waals surface area contributed by atoms with Crippen molar-refractivity contribution in [2.75, 3.05) is 0 Å². The monoisotopic (exact) mass is 560 g/mol. The lowest BCUT2D eigenvalue weighted by atomic mass is 9.81. The molecule has 1 aromatic carbocycles. The largest absolute Gasteiger partial charge is 0.451 e. The smallest absolute Gasteiger partial charge is 0.298 e. The Hall–Kier alpha value is -3.25. The third-order valence-corrected chi connectivity index (χ3v) is 9.78. The van der Waals surface area contributed by atoms with Crippen LogP contribution >= 0.6 is 0 Å². The third-order valence-electron chi connectivity index (χ3n) is 7.83. The molecule has 1 atom stereocenters. The summed E-state index contributed by atoms with van der Waals surface area (Å²) in [7, 11) is -3.97. The van der Waals surface area contributed by atoms with Gasteiger partial charge in [0, 0.05) is 36.6 Å². The van der Waals surface area contributed by atoms with Crippen LogP contribution in [0.4, 0.5) is 17.6 Å². The topological polar surface area (TPSA) is 93.1 Å². The summed E-state index contributed by atoms with van der Waals surface area (Å²) in [6, 6.07) is 5.36. The number of halogens is 4.